The molecule has 3 rings (SSSR count). The van der Waals surface area contributed by atoms with Crippen LogP contribution in [-0.4, -0.2) is 35.0 Å². The van der Waals surface area contributed by atoms with Gasteiger partial charge in [-0.3, -0.25) is 9.59 Å². The number of rotatable bonds is 6. The summed E-state index contributed by atoms with van der Waals surface area (Å²) in [6.07, 6.45) is 0. The van der Waals surface area contributed by atoms with Crippen LogP contribution in [0, 0.1) is 6.92 Å². The minimum absolute atomic E-state index is 0.160. The molecule has 3 aromatic rings. The van der Waals surface area contributed by atoms with Gasteiger partial charge in [0.15, 0.2) is 6.61 Å². The van der Waals surface area contributed by atoms with E-state index in [1.165, 1.54) is 7.11 Å². The van der Waals surface area contributed by atoms with E-state index in [-0.39, 0.29) is 16.9 Å². The summed E-state index contributed by atoms with van der Waals surface area (Å²) >= 11 is 0. The molecule has 0 N–H and O–H groups in total. The number of aryl methyl sites for hydroxylation is 2. The van der Waals surface area contributed by atoms with Crippen LogP contribution in [0.25, 0.3) is 11.0 Å². The first-order valence-corrected chi connectivity index (χ1v) is 8.80. The Kier molecular flexibility index (Phi) is 5.54. The van der Waals surface area contributed by atoms with Crippen LogP contribution in [-0.2, 0) is 11.3 Å². The standard InChI is InChI=1S/C21H20N2O5/c1-4-23-17-10-9-14(11-16(17)22-13(2)20(23)25)21(26)28-12-18(24)15-7-5-6-8-19(15)27-3/h5-11H,4,12H2,1-3H3. The van der Waals surface area contributed by atoms with E-state index in [0.29, 0.717) is 34.6 Å². The molecule has 0 unspecified atom stereocenters. The Labute approximate surface area is 161 Å². The molecule has 1 aromatic heterocycles. The molecule has 0 aliphatic carbocycles. The van der Waals surface area contributed by atoms with Crippen molar-refractivity contribution in [3.63, 3.8) is 0 Å². The lowest BCUT2D eigenvalue weighted by Gasteiger charge is -2.10. The van der Waals surface area contributed by atoms with E-state index < -0.39 is 12.6 Å². The van der Waals surface area contributed by atoms with Gasteiger partial charge in [-0.25, -0.2) is 9.78 Å². The molecule has 7 heteroatoms. The molecule has 0 aliphatic heterocycles. The molecule has 0 saturated carbocycles. The lowest BCUT2D eigenvalue weighted by atomic mass is 10.1. The maximum Gasteiger partial charge on any atom is 0.338 e. The molecule has 0 atom stereocenters. The molecule has 0 amide bonds. The fourth-order valence-electron chi connectivity index (χ4n) is 2.98. The lowest BCUT2D eigenvalue weighted by Crippen LogP contribution is -2.23. The fourth-order valence-corrected chi connectivity index (χ4v) is 2.98. The van der Waals surface area contributed by atoms with E-state index in [0.717, 1.165) is 0 Å². The Bertz CT molecular complexity index is 1120. The van der Waals surface area contributed by atoms with Crippen molar-refractivity contribution in [1.29, 1.82) is 0 Å². The van der Waals surface area contributed by atoms with E-state index >= 15 is 0 Å². The topological polar surface area (TPSA) is 87.5 Å². The maximum absolute atomic E-state index is 12.4. The Hall–Kier alpha value is -3.48. The minimum Gasteiger partial charge on any atom is -0.496 e. The number of carbonyl (C=O) groups excluding carboxylic acids is 2. The number of esters is 1. The van der Waals surface area contributed by atoms with Crippen LogP contribution in [0.2, 0.25) is 0 Å². The van der Waals surface area contributed by atoms with Crippen LogP contribution >= 0.6 is 0 Å². The monoisotopic (exact) mass is 380 g/mol. The second-order valence-corrected chi connectivity index (χ2v) is 6.15. The van der Waals surface area contributed by atoms with Crippen molar-refractivity contribution in [2.45, 2.75) is 20.4 Å². The number of ketones is 1. The first-order valence-electron chi connectivity index (χ1n) is 8.80. The van der Waals surface area contributed by atoms with Gasteiger partial charge in [-0.1, -0.05) is 12.1 Å². The van der Waals surface area contributed by atoms with E-state index in [9.17, 15) is 14.4 Å². The van der Waals surface area contributed by atoms with E-state index in [1.807, 2.05) is 6.92 Å². The Morgan fingerprint density at radius 1 is 1.14 bits per heavy atom. The molecule has 1 heterocycles. The summed E-state index contributed by atoms with van der Waals surface area (Å²) in [6, 6.07) is 11.5. The number of methoxy groups -OCH3 is 1. The molecule has 28 heavy (non-hydrogen) atoms. The number of Topliss-reactive ketones (excluding diaryl/α,β-unsaturated/α-hetero) is 1. The Morgan fingerprint density at radius 3 is 2.61 bits per heavy atom. The molecule has 0 radical (unpaired) electrons. The quantitative estimate of drug-likeness (QED) is 0.483. The van der Waals surface area contributed by atoms with Crippen molar-refractivity contribution in [1.82, 2.24) is 9.55 Å². The van der Waals surface area contributed by atoms with Crippen molar-refractivity contribution in [3.05, 3.63) is 69.6 Å². The fraction of sp³-hybridized carbons (Fsp3) is 0.238. The van der Waals surface area contributed by atoms with Gasteiger partial charge in [-0.15, -0.1) is 0 Å². The third kappa shape index (κ3) is 3.64. The smallest absolute Gasteiger partial charge is 0.338 e. The second kappa shape index (κ2) is 8.04. The summed E-state index contributed by atoms with van der Waals surface area (Å²) in [5.74, 6) is -0.578. The second-order valence-electron chi connectivity index (χ2n) is 6.15. The Balaban J connectivity index is 1.81. The molecule has 0 saturated heterocycles. The number of nitrogens with zero attached hydrogens (tertiary/aromatic N) is 2. The Morgan fingerprint density at radius 2 is 1.89 bits per heavy atom. The maximum atomic E-state index is 12.4. The summed E-state index contributed by atoms with van der Waals surface area (Å²) in [7, 11) is 1.47. The van der Waals surface area contributed by atoms with Gasteiger partial charge in [0.05, 0.1) is 29.3 Å². The van der Waals surface area contributed by atoms with E-state index in [1.54, 1.807) is 54.0 Å². The van der Waals surface area contributed by atoms with Gasteiger partial charge in [-0.2, -0.15) is 0 Å². The summed E-state index contributed by atoms with van der Waals surface area (Å²) in [4.78, 5) is 41.1. The predicted octanol–water partition coefficient (Wildman–Crippen LogP) is 2.77. The first kappa shape index (κ1) is 19.3. The van der Waals surface area contributed by atoms with Crippen molar-refractivity contribution >= 4 is 22.8 Å². The molecule has 0 fully saturated rings. The summed E-state index contributed by atoms with van der Waals surface area (Å²) < 4.78 is 11.9. The SMILES string of the molecule is CCn1c(=O)c(C)nc2cc(C(=O)OCC(=O)c3ccccc3OC)ccc21. The summed E-state index contributed by atoms with van der Waals surface area (Å²) in [5.41, 5.74) is 1.96. The van der Waals surface area contributed by atoms with Crippen LogP contribution in [0.1, 0.15) is 33.3 Å². The van der Waals surface area contributed by atoms with E-state index in [2.05, 4.69) is 4.98 Å². The van der Waals surface area contributed by atoms with Gasteiger partial charge in [0.25, 0.3) is 5.56 Å². The van der Waals surface area contributed by atoms with Crippen molar-refractivity contribution < 1.29 is 19.1 Å². The van der Waals surface area contributed by atoms with Gasteiger partial charge >= 0.3 is 5.97 Å². The number of carbonyl (C=O) groups is 2. The molecule has 7 nitrogen and oxygen atoms in total. The van der Waals surface area contributed by atoms with Crippen LogP contribution in [0.5, 0.6) is 5.75 Å². The molecular weight excluding hydrogens is 360 g/mol. The van der Waals surface area contributed by atoms with Crippen molar-refractivity contribution in [2.75, 3.05) is 13.7 Å². The highest BCUT2D eigenvalue weighted by Crippen LogP contribution is 2.18. The minimum atomic E-state index is -0.640. The molecule has 0 aliphatic rings. The number of fused-ring (bicyclic) bond motifs is 1. The van der Waals surface area contributed by atoms with Crippen molar-refractivity contribution in [2.24, 2.45) is 0 Å². The zero-order valence-corrected chi connectivity index (χ0v) is 15.9. The van der Waals surface area contributed by atoms with Crippen LogP contribution < -0.4 is 10.3 Å². The van der Waals surface area contributed by atoms with Crippen LogP contribution in [0.3, 0.4) is 0 Å². The molecular formula is C21H20N2O5. The highest BCUT2D eigenvalue weighted by Gasteiger charge is 2.16. The molecule has 2 aromatic carbocycles. The summed E-state index contributed by atoms with van der Waals surface area (Å²) in [6.45, 7) is 3.59. The normalized spacial score (nSPS) is 10.7. The first-order chi connectivity index (χ1) is 13.5. The van der Waals surface area contributed by atoms with Crippen LogP contribution in [0.4, 0.5) is 0 Å². The number of para-hydroxylation sites is 1. The number of aromatic nitrogens is 2. The molecule has 144 valence electrons. The van der Waals surface area contributed by atoms with Crippen LogP contribution in [0.15, 0.2) is 47.3 Å². The average Bonchev–Trinajstić information content (AvgIpc) is 2.72. The van der Waals surface area contributed by atoms with Gasteiger partial charge < -0.3 is 14.0 Å². The lowest BCUT2D eigenvalue weighted by molar-refractivity contribution is 0.0474. The van der Waals surface area contributed by atoms with Gasteiger partial charge in [0.2, 0.25) is 5.78 Å². The number of benzene rings is 2. The third-order valence-electron chi connectivity index (χ3n) is 4.40. The molecule has 0 spiro atoms. The van der Waals surface area contributed by atoms with Gasteiger partial charge in [0, 0.05) is 6.54 Å². The third-order valence-corrected chi connectivity index (χ3v) is 4.40. The average molecular weight is 380 g/mol. The highest BCUT2D eigenvalue weighted by molar-refractivity contribution is 6.01. The zero-order chi connectivity index (χ0) is 20.3. The predicted molar refractivity (Wildman–Crippen MR) is 104 cm³/mol. The van der Waals surface area contributed by atoms with Gasteiger partial charge in [0.1, 0.15) is 11.4 Å². The number of ether oxygens (including phenoxy) is 2. The van der Waals surface area contributed by atoms with Gasteiger partial charge in [-0.05, 0) is 44.2 Å². The summed E-state index contributed by atoms with van der Waals surface area (Å²) in [5, 5.41) is 0. The number of hydrogen-bond acceptors (Lipinski definition) is 6. The van der Waals surface area contributed by atoms with Crippen molar-refractivity contribution in [3.8, 4) is 5.75 Å². The van der Waals surface area contributed by atoms with E-state index in [4.69, 9.17) is 9.47 Å². The molecule has 0 bridgehead atoms. The zero-order valence-electron chi connectivity index (χ0n) is 15.9. The number of hydrogen-bond donors (Lipinski definition) is 0. The largest absolute Gasteiger partial charge is 0.496 e. The highest BCUT2D eigenvalue weighted by atomic mass is 16.5.